The quantitative estimate of drug-likeness (QED) is 0.821. The Morgan fingerprint density at radius 3 is 2.43 bits per heavy atom. The standard InChI is InChI=1S/C18H21NO2/c1-14(19-13-15-6-3-2-4-7-15)10-16-8-5-9-17(11-16)12-18(20)21/h2-9,11,14,19H,10,12-13H2,1H3,(H,20,21). The maximum Gasteiger partial charge on any atom is 0.307 e. The number of carboxylic acid groups (broad SMARTS) is 1. The van der Waals surface area contributed by atoms with E-state index in [4.69, 9.17) is 5.11 Å². The van der Waals surface area contributed by atoms with E-state index in [1.54, 1.807) is 0 Å². The van der Waals surface area contributed by atoms with Crippen molar-refractivity contribution in [2.45, 2.75) is 32.4 Å². The fourth-order valence-electron chi connectivity index (χ4n) is 2.35. The van der Waals surface area contributed by atoms with Gasteiger partial charge in [0.1, 0.15) is 0 Å². The monoisotopic (exact) mass is 283 g/mol. The lowest BCUT2D eigenvalue weighted by molar-refractivity contribution is -0.136. The lowest BCUT2D eigenvalue weighted by Crippen LogP contribution is -2.27. The predicted octanol–water partition coefficient (Wildman–Crippen LogP) is 3.03. The number of carbonyl (C=O) groups is 1. The number of aliphatic carboxylic acids is 1. The molecule has 0 spiro atoms. The molecule has 0 aromatic heterocycles. The Bertz CT molecular complexity index is 581. The molecule has 0 fully saturated rings. The minimum absolute atomic E-state index is 0.0830. The topological polar surface area (TPSA) is 49.3 Å². The SMILES string of the molecule is CC(Cc1cccc(CC(=O)O)c1)NCc1ccccc1. The third-order valence-electron chi connectivity index (χ3n) is 3.39. The average Bonchev–Trinajstić information content (AvgIpc) is 2.46. The molecule has 3 heteroatoms. The molecule has 0 aliphatic heterocycles. The van der Waals surface area contributed by atoms with E-state index in [2.05, 4.69) is 24.4 Å². The second-order valence-corrected chi connectivity index (χ2v) is 5.36. The van der Waals surface area contributed by atoms with Crippen LogP contribution in [0.1, 0.15) is 23.6 Å². The van der Waals surface area contributed by atoms with E-state index < -0.39 is 5.97 Å². The smallest absolute Gasteiger partial charge is 0.307 e. The molecule has 2 aromatic carbocycles. The third-order valence-corrected chi connectivity index (χ3v) is 3.39. The van der Waals surface area contributed by atoms with Gasteiger partial charge in [0.2, 0.25) is 0 Å². The number of hydrogen-bond donors (Lipinski definition) is 2. The number of nitrogens with one attached hydrogen (secondary N) is 1. The molecule has 2 N–H and O–H groups in total. The summed E-state index contributed by atoms with van der Waals surface area (Å²) in [6.45, 7) is 2.99. The van der Waals surface area contributed by atoms with Crippen LogP contribution in [0.3, 0.4) is 0 Å². The largest absolute Gasteiger partial charge is 0.481 e. The predicted molar refractivity (Wildman–Crippen MR) is 84.2 cm³/mol. The first kappa shape index (κ1) is 15.3. The van der Waals surface area contributed by atoms with Crippen molar-refractivity contribution in [1.29, 1.82) is 0 Å². The van der Waals surface area contributed by atoms with Crippen LogP contribution in [0.25, 0.3) is 0 Å². The summed E-state index contributed by atoms with van der Waals surface area (Å²) in [6.07, 6.45) is 0.972. The van der Waals surface area contributed by atoms with Crippen LogP contribution in [0.5, 0.6) is 0 Å². The first-order valence-corrected chi connectivity index (χ1v) is 7.20. The van der Waals surface area contributed by atoms with Crippen LogP contribution in [0, 0.1) is 0 Å². The highest BCUT2D eigenvalue weighted by atomic mass is 16.4. The highest BCUT2D eigenvalue weighted by Gasteiger charge is 2.05. The molecule has 0 amide bonds. The summed E-state index contributed by atoms with van der Waals surface area (Å²) < 4.78 is 0. The van der Waals surface area contributed by atoms with Crippen molar-refractivity contribution in [2.24, 2.45) is 0 Å². The highest BCUT2D eigenvalue weighted by molar-refractivity contribution is 5.70. The summed E-state index contributed by atoms with van der Waals surface area (Å²) in [6, 6.07) is 18.5. The zero-order valence-electron chi connectivity index (χ0n) is 12.3. The summed E-state index contributed by atoms with van der Waals surface area (Å²) in [5.41, 5.74) is 3.29. The Morgan fingerprint density at radius 2 is 1.71 bits per heavy atom. The van der Waals surface area contributed by atoms with Gasteiger partial charge in [-0.2, -0.15) is 0 Å². The maximum absolute atomic E-state index is 10.7. The normalized spacial score (nSPS) is 12.0. The van der Waals surface area contributed by atoms with Gasteiger partial charge in [0.25, 0.3) is 0 Å². The second kappa shape index (κ2) is 7.60. The molecular weight excluding hydrogens is 262 g/mol. The van der Waals surface area contributed by atoms with Gasteiger partial charge >= 0.3 is 5.97 Å². The summed E-state index contributed by atoms with van der Waals surface area (Å²) in [5, 5.41) is 12.3. The second-order valence-electron chi connectivity index (χ2n) is 5.36. The van der Waals surface area contributed by atoms with Crippen LogP contribution in [-0.2, 0) is 24.2 Å². The average molecular weight is 283 g/mol. The van der Waals surface area contributed by atoms with E-state index in [1.165, 1.54) is 11.1 Å². The Kier molecular flexibility index (Phi) is 5.52. The molecule has 110 valence electrons. The van der Waals surface area contributed by atoms with E-state index in [1.807, 2.05) is 42.5 Å². The van der Waals surface area contributed by atoms with Crippen molar-refractivity contribution < 1.29 is 9.90 Å². The Morgan fingerprint density at radius 1 is 1.05 bits per heavy atom. The summed E-state index contributed by atoms with van der Waals surface area (Å²) in [5.74, 6) is -0.789. The molecule has 0 radical (unpaired) electrons. The van der Waals surface area contributed by atoms with E-state index in [9.17, 15) is 4.79 Å². The van der Waals surface area contributed by atoms with Crippen LogP contribution in [0.4, 0.5) is 0 Å². The molecule has 1 unspecified atom stereocenters. The van der Waals surface area contributed by atoms with Gasteiger partial charge in [-0.05, 0) is 30.0 Å². The Balaban J connectivity index is 1.87. The van der Waals surface area contributed by atoms with Gasteiger partial charge in [0.15, 0.2) is 0 Å². The zero-order valence-corrected chi connectivity index (χ0v) is 12.3. The highest BCUT2D eigenvalue weighted by Crippen LogP contribution is 2.09. The van der Waals surface area contributed by atoms with Crippen LogP contribution in [-0.4, -0.2) is 17.1 Å². The Labute approximate surface area is 125 Å². The van der Waals surface area contributed by atoms with E-state index in [0.29, 0.717) is 6.04 Å². The molecule has 3 nitrogen and oxygen atoms in total. The minimum atomic E-state index is -0.789. The molecular formula is C18H21NO2. The maximum atomic E-state index is 10.7. The molecule has 0 aliphatic carbocycles. The van der Waals surface area contributed by atoms with Crippen molar-refractivity contribution in [3.8, 4) is 0 Å². The first-order valence-electron chi connectivity index (χ1n) is 7.20. The molecule has 21 heavy (non-hydrogen) atoms. The Hall–Kier alpha value is -2.13. The van der Waals surface area contributed by atoms with Gasteiger partial charge in [0, 0.05) is 12.6 Å². The van der Waals surface area contributed by atoms with E-state index in [-0.39, 0.29) is 6.42 Å². The molecule has 2 aromatic rings. The fraction of sp³-hybridized carbons (Fsp3) is 0.278. The minimum Gasteiger partial charge on any atom is -0.481 e. The molecule has 1 atom stereocenters. The van der Waals surface area contributed by atoms with Crippen LogP contribution in [0.2, 0.25) is 0 Å². The number of benzene rings is 2. The first-order chi connectivity index (χ1) is 10.1. The van der Waals surface area contributed by atoms with Crippen LogP contribution in [0.15, 0.2) is 54.6 Å². The number of hydrogen-bond acceptors (Lipinski definition) is 2. The van der Waals surface area contributed by atoms with Gasteiger partial charge < -0.3 is 10.4 Å². The molecule has 0 aliphatic rings. The fourth-order valence-corrected chi connectivity index (χ4v) is 2.35. The summed E-state index contributed by atoms with van der Waals surface area (Å²) in [7, 11) is 0. The number of rotatable bonds is 7. The van der Waals surface area contributed by atoms with Gasteiger partial charge in [-0.3, -0.25) is 4.79 Å². The van der Waals surface area contributed by atoms with Gasteiger partial charge in [-0.25, -0.2) is 0 Å². The summed E-state index contributed by atoms with van der Waals surface area (Å²) in [4.78, 5) is 10.7. The van der Waals surface area contributed by atoms with E-state index >= 15 is 0 Å². The van der Waals surface area contributed by atoms with Gasteiger partial charge in [0.05, 0.1) is 6.42 Å². The molecule has 2 rings (SSSR count). The molecule has 0 saturated heterocycles. The zero-order chi connectivity index (χ0) is 15.1. The third kappa shape index (κ3) is 5.40. The summed E-state index contributed by atoms with van der Waals surface area (Å²) >= 11 is 0. The van der Waals surface area contributed by atoms with Crippen molar-refractivity contribution in [1.82, 2.24) is 5.32 Å². The van der Waals surface area contributed by atoms with E-state index in [0.717, 1.165) is 18.5 Å². The molecule has 0 saturated carbocycles. The molecule has 0 heterocycles. The lowest BCUT2D eigenvalue weighted by atomic mass is 10.0. The van der Waals surface area contributed by atoms with Crippen molar-refractivity contribution >= 4 is 5.97 Å². The van der Waals surface area contributed by atoms with Crippen molar-refractivity contribution in [3.05, 3.63) is 71.3 Å². The van der Waals surface area contributed by atoms with Crippen LogP contribution >= 0.6 is 0 Å². The van der Waals surface area contributed by atoms with Gasteiger partial charge in [-0.15, -0.1) is 0 Å². The van der Waals surface area contributed by atoms with Gasteiger partial charge in [-0.1, -0.05) is 54.6 Å². The van der Waals surface area contributed by atoms with Crippen molar-refractivity contribution in [2.75, 3.05) is 0 Å². The lowest BCUT2D eigenvalue weighted by Gasteiger charge is -2.14. The van der Waals surface area contributed by atoms with Crippen LogP contribution < -0.4 is 5.32 Å². The number of carboxylic acids is 1. The molecule has 0 bridgehead atoms. The van der Waals surface area contributed by atoms with Crippen molar-refractivity contribution in [3.63, 3.8) is 0 Å².